The molecule has 0 aliphatic heterocycles. The summed E-state index contributed by atoms with van der Waals surface area (Å²) < 4.78 is 0. The summed E-state index contributed by atoms with van der Waals surface area (Å²) in [6.07, 6.45) is -1.09. The van der Waals surface area contributed by atoms with Crippen LogP contribution < -0.4 is 27.4 Å². The first-order valence-electron chi connectivity index (χ1n) is 11.6. The minimum absolute atomic E-state index is 0.0314. The Bertz CT molecular complexity index is 939. The first kappa shape index (κ1) is 31.3. The third-order valence-corrected chi connectivity index (χ3v) is 5.37. The molecule has 206 valence electrons. The quantitative estimate of drug-likeness (QED) is 0.104. The number of nitrogens with two attached hydrogens (primary N) is 2. The zero-order chi connectivity index (χ0) is 28.1. The Morgan fingerprint density at radius 2 is 1.49 bits per heavy atom. The molecule has 5 atom stereocenters. The van der Waals surface area contributed by atoms with Crippen LogP contribution in [0.4, 0.5) is 0 Å². The number of nitrogens with one attached hydrogen (secondary N) is 3. The summed E-state index contributed by atoms with van der Waals surface area (Å²) in [5.41, 5.74) is 11.7. The average molecular weight is 526 g/mol. The highest BCUT2D eigenvalue weighted by atomic mass is 16.4. The van der Waals surface area contributed by atoms with E-state index in [2.05, 4.69) is 16.0 Å². The second-order valence-electron chi connectivity index (χ2n) is 8.55. The van der Waals surface area contributed by atoms with Crippen LogP contribution >= 0.6 is 0 Å². The highest BCUT2D eigenvalue weighted by Crippen LogP contribution is 2.12. The predicted molar refractivity (Wildman–Crippen MR) is 130 cm³/mol. The van der Waals surface area contributed by atoms with Crippen molar-refractivity contribution in [2.45, 2.75) is 69.3 Å². The summed E-state index contributed by atoms with van der Waals surface area (Å²) >= 11 is 0. The van der Waals surface area contributed by atoms with Gasteiger partial charge in [0.15, 0.2) is 0 Å². The van der Waals surface area contributed by atoms with E-state index in [-0.39, 0.29) is 18.6 Å². The van der Waals surface area contributed by atoms with Crippen molar-refractivity contribution in [3.63, 3.8) is 0 Å². The van der Waals surface area contributed by atoms with E-state index in [1.165, 1.54) is 31.2 Å². The SMILES string of the molecule is CC(O)C(NC(=O)C(CC(=O)O)NC(=O)C(N)CCCCN)C(=O)NC(Cc1ccc(O)cc1)C(=O)O. The molecule has 1 aromatic rings. The summed E-state index contributed by atoms with van der Waals surface area (Å²) in [5, 5.41) is 44.7. The van der Waals surface area contributed by atoms with Crippen molar-refractivity contribution < 1.29 is 44.4 Å². The van der Waals surface area contributed by atoms with Crippen molar-refractivity contribution in [3.8, 4) is 5.75 Å². The Kier molecular flexibility index (Phi) is 13.0. The molecule has 1 aromatic carbocycles. The molecule has 3 amide bonds. The number of unbranched alkanes of at least 4 members (excludes halogenated alkanes) is 1. The van der Waals surface area contributed by atoms with Gasteiger partial charge in [-0.1, -0.05) is 18.6 Å². The molecule has 0 aliphatic carbocycles. The monoisotopic (exact) mass is 525 g/mol. The maximum absolute atomic E-state index is 12.8. The van der Waals surface area contributed by atoms with E-state index < -0.39 is 66.4 Å². The van der Waals surface area contributed by atoms with Gasteiger partial charge in [0.2, 0.25) is 17.7 Å². The highest BCUT2D eigenvalue weighted by Gasteiger charge is 2.33. The van der Waals surface area contributed by atoms with E-state index >= 15 is 0 Å². The van der Waals surface area contributed by atoms with E-state index in [1.807, 2.05) is 0 Å². The second-order valence-corrected chi connectivity index (χ2v) is 8.55. The van der Waals surface area contributed by atoms with Gasteiger partial charge in [0, 0.05) is 6.42 Å². The summed E-state index contributed by atoms with van der Waals surface area (Å²) in [4.78, 5) is 60.9. The van der Waals surface area contributed by atoms with Gasteiger partial charge in [0.25, 0.3) is 0 Å². The van der Waals surface area contributed by atoms with Gasteiger partial charge in [-0.25, -0.2) is 4.79 Å². The molecule has 0 aromatic heterocycles. The van der Waals surface area contributed by atoms with Crippen molar-refractivity contribution >= 4 is 29.7 Å². The van der Waals surface area contributed by atoms with Crippen LogP contribution in [0.2, 0.25) is 0 Å². The number of amides is 3. The van der Waals surface area contributed by atoms with E-state index in [0.29, 0.717) is 24.9 Å². The number of carbonyl (C=O) groups excluding carboxylic acids is 3. The smallest absolute Gasteiger partial charge is 0.326 e. The molecule has 0 radical (unpaired) electrons. The van der Waals surface area contributed by atoms with E-state index in [9.17, 15) is 39.3 Å². The molecule has 0 heterocycles. The number of carbonyl (C=O) groups is 5. The lowest BCUT2D eigenvalue weighted by Crippen LogP contribution is -2.60. The lowest BCUT2D eigenvalue weighted by Gasteiger charge is -2.26. The van der Waals surface area contributed by atoms with Crippen LogP contribution in [-0.4, -0.2) is 86.9 Å². The topological polar surface area (TPSA) is 254 Å². The molecular weight excluding hydrogens is 490 g/mol. The third-order valence-electron chi connectivity index (χ3n) is 5.37. The molecule has 11 N–H and O–H groups in total. The zero-order valence-electron chi connectivity index (χ0n) is 20.4. The van der Waals surface area contributed by atoms with Crippen LogP contribution in [0.5, 0.6) is 5.75 Å². The second kappa shape index (κ2) is 15.4. The number of benzene rings is 1. The maximum Gasteiger partial charge on any atom is 0.326 e. The maximum atomic E-state index is 12.8. The number of rotatable bonds is 16. The molecule has 0 saturated carbocycles. The first-order chi connectivity index (χ1) is 17.3. The van der Waals surface area contributed by atoms with Crippen LogP contribution in [0.3, 0.4) is 0 Å². The van der Waals surface area contributed by atoms with Crippen molar-refractivity contribution in [3.05, 3.63) is 29.8 Å². The molecule has 14 heteroatoms. The summed E-state index contributed by atoms with van der Waals surface area (Å²) in [6.45, 7) is 1.57. The Hall–Kier alpha value is -3.75. The Morgan fingerprint density at radius 3 is 2.00 bits per heavy atom. The van der Waals surface area contributed by atoms with E-state index in [0.717, 1.165) is 0 Å². The number of phenolic OH excluding ortho intramolecular Hbond substituents is 1. The number of hydrogen-bond donors (Lipinski definition) is 9. The molecule has 1 rings (SSSR count). The number of aliphatic hydroxyl groups is 1. The fourth-order valence-electron chi connectivity index (χ4n) is 3.29. The number of phenols is 1. The zero-order valence-corrected chi connectivity index (χ0v) is 20.4. The van der Waals surface area contributed by atoms with Gasteiger partial charge in [0.1, 0.15) is 23.9 Å². The Balaban J connectivity index is 2.94. The van der Waals surface area contributed by atoms with Crippen LogP contribution in [0.1, 0.15) is 38.2 Å². The molecule has 0 aliphatic rings. The van der Waals surface area contributed by atoms with E-state index in [4.69, 9.17) is 16.6 Å². The minimum atomic E-state index is -1.67. The van der Waals surface area contributed by atoms with Crippen LogP contribution in [0.15, 0.2) is 24.3 Å². The third kappa shape index (κ3) is 11.2. The predicted octanol–water partition coefficient (Wildman–Crippen LogP) is -2.21. The molecule has 0 saturated heterocycles. The number of aromatic hydroxyl groups is 1. The van der Waals surface area contributed by atoms with Crippen molar-refractivity contribution in [1.82, 2.24) is 16.0 Å². The van der Waals surface area contributed by atoms with Gasteiger partial charge in [-0.05, 0) is 44.0 Å². The number of aliphatic carboxylic acids is 2. The number of carboxylic acids is 2. The van der Waals surface area contributed by atoms with Gasteiger partial charge in [0.05, 0.1) is 18.6 Å². The summed E-state index contributed by atoms with van der Waals surface area (Å²) in [7, 11) is 0. The Labute approximate surface area is 213 Å². The summed E-state index contributed by atoms with van der Waals surface area (Å²) in [6, 6.07) is -0.145. The van der Waals surface area contributed by atoms with Crippen LogP contribution in [-0.2, 0) is 30.4 Å². The van der Waals surface area contributed by atoms with Crippen molar-refractivity contribution in [2.24, 2.45) is 11.5 Å². The Morgan fingerprint density at radius 1 is 0.892 bits per heavy atom. The first-order valence-corrected chi connectivity index (χ1v) is 11.6. The van der Waals surface area contributed by atoms with Crippen LogP contribution in [0.25, 0.3) is 0 Å². The molecule has 0 bridgehead atoms. The van der Waals surface area contributed by atoms with Crippen molar-refractivity contribution in [1.29, 1.82) is 0 Å². The average Bonchev–Trinajstić information content (AvgIpc) is 2.82. The van der Waals surface area contributed by atoms with Gasteiger partial charge in [-0.3, -0.25) is 19.2 Å². The largest absolute Gasteiger partial charge is 0.508 e. The fourth-order valence-corrected chi connectivity index (χ4v) is 3.29. The minimum Gasteiger partial charge on any atom is -0.508 e. The van der Waals surface area contributed by atoms with Gasteiger partial charge >= 0.3 is 11.9 Å². The molecule has 0 fully saturated rings. The van der Waals surface area contributed by atoms with Crippen molar-refractivity contribution in [2.75, 3.05) is 6.54 Å². The summed E-state index contributed by atoms with van der Waals surface area (Å²) in [5.74, 6) is -5.76. The van der Waals surface area contributed by atoms with E-state index in [1.54, 1.807) is 0 Å². The standard InChI is InChI=1S/C23H35N5O9/c1-12(29)19(22(35)27-17(23(36)37)10-13-5-7-14(30)8-6-13)28-21(34)16(11-18(31)32)26-20(33)15(25)4-2-3-9-24/h5-8,12,15-17,19,29-30H,2-4,9-11,24-25H2,1H3,(H,26,33)(H,27,35)(H,28,34)(H,31,32)(H,36,37). The number of hydrogen-bond acceptors (Lipinski definition) is 9. The highest BCUT2D eigenvalue weighted by molar-refractivity contribution is 5.95. The lowest BCUT2D eigenvalue weighted by molar-refractivity contribution is -0.144. The molecule has 37 heavy (non-hydrogen) atoms. The van der Waals surface area contributed by atoms with Gasteiger partial charge in [-0.2, -0.15) is 0 Å². The molecule has 0 spiro atoms. The normalized spacial score (nSPS) is 14.9. The van der Waals surface area contributed by atoms with Crippen LogP contribution in [0, 0.1) is 0 Å². The molecular formula is C23H35N5O9. The number of carboxylic acid groups (broad SMARTS) is 2. The van der Waals surface area contributed by atoms with Gasteiger partial charge < -0.3 is 47.8 Å². The van der Waals surface area contributed by atoms with Gasteiger partial charge in [-0.15, -0.1) is 0 Å². The number of aliphatic hydroxyl groups excluding tert-OH is 1. The fraction of sp³-hybridized carbons (Fsp3) is 0.522. The lowest BCUT2D eigenvalue weighted by atomic mass is 10.0. The molecule has 14 nitrogen and oxygen atoms in total. The molecule has 5 unspecified atom stereocenters.